The maximum atomic E-state index is 12.5. The van der Waals surface area contributed by atoms with E-state index in [1.807, 2.05) is 0 Å². The fourth-order valence-corrected chi connectivity index (χ4v) is 2.66. The maximum absolute atomic E-state index is 12.5. The summed E-state index contributed by atoms with van der Waals surface area (Å²) in [7, 11) is 0. The number of aromatic nitrogens is 1. The zero-order valence-electron chi connectivity index (χ0n) is 11.1. The van der Waals surface area contributed by atoms with E-state index in [4.69, 9.17) is 11.6 Å². The molecule has 1 aromatic rings. The second kappa shape index (κ2) is 5.28. The minimum Gasteiger partial charge on any atom is -0.480 e. The highest BCUT2D eigenvalue weighted by atomic mass is 35.5. The molecule has 0 bridgehead atoms. The topological polar surface area (TPSA) is 114 Å². The van der Waals surface area contributed by atoms with Crippen LogP contribution in [0.1, 0.15) is 30.1 Å². The quantitative estimate of drug-likeness (QED) is 0.516. The molecule has 0 spiro atoms. The minimum absolute atomic E-state index is 0.221. The summed E-state index contributed by atoms with van der Waals surface area (Å²) in [5.41, 5.74) is -2.24. The number of aliphatic carboxylic acids is 1. The molecular weight excluding hydrogens is 302 g/mol. The zero-order chi connectivity index (χ0) is 15.8. The predicted molar refractivity (Wildman–Crippen MR) is 72.2 cm³/mol. The van der Waals surface area contributed by atoms with Crippen LogP contribution in [0.25, 0.3) is 0 Å². The van der Waals surface area contributed by atoms with Gasteiger partial charge in [-0.2, -0.15) is 0 Å². The molecule has 1 N–H and O–H groups in total. The third kappa shape index (κ3) is 2.42. The first-order valence-corrected chi connectivity index (χ1v) is 6.51. The first-order chi connectivity index (χ1) is 9.79. The van der Waals surface area contributed by atoms with E-state index in [0.717, 1.165) is 4.90 Å². The van der Waals surface area contributed by atoms with Crippen molar-refractivity contribution in [2.75, 3.05) is 6.54 Å². The van der Waals surface area contributed by atoms with Gasteiger partial charge in [0.05, 0.1) is 4.92 Å². The Balaban J connectivity index is 2.49. The lowest BCUT2D eigenvalue weighted by molar-refractivity contribution is -0.385. The van der Waals surface area contributed by atoms with Crippen molar-refractivity contribution in [2.24, 2.45) is 0 Å². The molecule has 1 atom stereocenters. The second-order valence-corrected chi connectivity index (χ2v) is 5.25. The third-order valence-electron chi connectivity index (χ3n) is 3.64. The van der Waals surface area contributed by atoms with Gasteiger partial charge in [-0.25, -0.2) is 9.78 Å². The molecule has 0 aliphatic carbocycles. The Hall–Kier alpha value is -2.22. The predicted octanol–water partition coefficient (Wildman–Crippen LogP) is 1.72. The molecule has 0 aromatic carbocycles. The van der Waals surface area contributed by atoms with Crippen LogP contribution in [0.4, 0.5) is 5.69 Å². The molecule has 1 amide bonds. The van der Waals surface area contributed by atoms with Gasteiger partial charge in [0.1, 0.15) is 11.1 Å². The van der Waals surface area contributed by atoms with Gasteiger partial charge in [0, 0.05) is 12.7 Å². The summed E-state index contributed by atoms with van der Waals surface area (Å²) >= 11 is 5.67. The highest BCUT2D eigenvalue weighted by Gasteiger charge is 2.47. The van der Waals surface area contributed by atoms with Gasteiger partial charge in [0.15, 0.2) is 0 Å². The molecule has 0 saturated carbocycles. The Morgan fingerprint density at radius 2 is 2.24 bits per heavy atom. The molecule has 2 rings (SSSR count). The van der Waals surface area contributed by atoms with Gasteiger partial charge >= 0.3 is 11.7 Å². The molecule has 8 nitrogen and oxygen atoms in total. The lowest BCUT2D eigenvalue weighted by atomic mass is 9.98. The SMILES string of the molecule is CC1(C(=O)O)CCCN1C(=O)c1ccnc(Cl)c1[N+](=O)[O-]. The Bertz CT molecular complexity index is 635. The molecule has 21 heavy (non-hydrogen) atoms. The van der Waals surface area contributed by atoms with E-state index in [1.54, 1.807) is 0 Å². The number of halogens is 1. The number of pyridine rings is 1. The molecule has 2 heterocycles. The third-order valence-corrected chi connectivity index (χ3v) is 3.92. The number of carboxylic acid groups (broad SMARTS) is 1. The number of nitrogens with zero attached hydrogens (tertiary/aromatic N) is 3. The largest absolute Gasteiger partial charge is 0.480 e. The number of carbonyl (C=O) groups is 2. The smallest absolute Gasteiger partial charge is 0.329 e. The Labute approximate surface area is 124 Å². The van der Waals surface area contributed by atoms with E-state index in [2.05, 4.69) is 4.98 Å². The van der Waals surface area contributed by atoms with E-state index in [9.17, 15) is 24.8 Å². The van der Waals surface area contributed by atoms with Crippen molar-refractivity contribution in [3.8, 4) is 0 Å². The summed E-state index contributed by atoms with van der Waals surface area (Å²) in [6.07, 6.45) is 1.98. The first-order valence-electron chi connectivity index (χ1n) is 6.13. The van der Waals surface area contributed by atoms with Gasteiger partial charge < -0.3 is 10.0 Å². The molecule has 1 aromatic heterocycles. The number of amides is 1. The monoisotopic (exact) mass is 313 g/mol. The maximum Gasteiger partial charge on any atom is 0.329 e. The van der Waals surface area contributed by atoms with Crippen molar-refractivity contribution < 1.29 is 19.6 Å². The van der Waals surface area contributed by atoms with Gasteiger partial charge in [-0.15, -0.1) is 0 Å². The zero-order valence-corrected chi connectivity index (χ0v) is 11.8. The summed E-state index contributed by atoms with van der Waals surface area (Å²) in [6, 6.07) is 1.17. The van der Waals surface area contributed by atoms with E-state index >= 15 is 0 Å². The molecule has 1 fully saturated rings. The average Bonchev–Trinajstić information content (AvgIpc) is 2.80. The highest BCUT2D eigenvalue weighted by molar-refractivity contribution is 6.32. The molecule has 1 saturated heterocycles. The van der Waals surface area contributed by atoms with E-state index in [0.29, 0.717) is 12.8 Å². The van der Waals surface area contributed by atoms with Crippen molar-refractivity contribution in [3.05, 3.63) is 33.1 Å². The number of likely N-dealkylation sites (tertiary alicyclic amines) is 1. The number of hydrogen-bond donors (Lipinski definition) is 1. The lowest BCUT2D eigenvalue weighted by Crippen LogP contribution is -2.50. The molecule has 9 heteroatoms. The van der Waals surface area contributed by atoms with Crippen LogP contribution in [0.15, 0.2) is 12.3 Å². The van der Waals surface area contributed by atoms with Gasteiger partial charge in [-0.05, 0) is 25.8 Å². The highest BCUT2D eigenvalue weighted by Crippen LogP contribution is 2.34. The van der Waals surface area contributed by atoms with Gasteiger partial charge in [-0.3, -0.25) is 14.9 Å². The van der Waals surface area contributed by atoms with Crippen LogP contribution in [-0.4, -0.2) is 43.9 Å². The summed E-state index contributed by atoms with van der Waals surface area (Å²) < 4.78 is 0. The van der Waals surface area contributed by atoms with Crippen LogP contribution in [0.5, 0.6) is 0 Å². The molecule has 1 aliphatic heterocycles. The van der Waals surface area contributed by atoms with Crippen LogP contribution in [0.2, 0.25) is 5.15 Å². The summed E-state index contributed by atoms with van der Waals surface area (Å²) in [6.45, 7) is 1.65. The first kappa shape index (κ1) is 15.2. The molecule has 0 radical (unpaired) electrons. The van der Waals surface area contributed by atoms with Gasteiger partial charge in [0.25, 0.3) is 5.91 Å². The number of hydrogen-bond acceptors (Lipinski definition) is 5. The van der Waals surface area contributed by atoms with Crippen molar-refractivity contribution >= 4 is 29.2 Å². The van der Waals surface area contributed by atoms with Crippen LogP contribution in [0, 0.1) is 10.1 Å². The van der Waals surface area contributed by atoms with E-state index in [1.165, 1.54) is 19.2 Å². The van der Waals surface area contributed by atoms with Crippen LogP contribution >= 0.6 is 11.6 Å². The van der Waals surface area contributed by atoms with Gasteiger partial charge in [-0.1, -0.05) is 11.6 Å². The summed E-state index contributed by atoms with van der Waals surface area (Å²) in [5, 5.41) is 20.0. The van der Waals surface area contributed by atoms with E-state index < -0.39 is 33.2 Å². The van der Waals surface area contributed by atoms with Crippen molar-refractivity contribution in [1.82, 2.24) is 9.88 Å². The number of nitro groups is 1. The average molecular weight is 314 g/mol. The molecular formula is C12H12ClN3O5. The van der Waals surface area contributed by atoms with Crippen LogP contribution in [-0.2, 0) is 4.79 Å². The summed E-state index contributed by atoms with van der Waals surface area (Å²) in [4.78, 5) is 38.9. The Morgan fingerprint density at radius 3 is 2.81 bits per heavy atom. The Kier molecular flexibility index (Phi) is 3.82. The van der Waals surface area contributed by atoms with Crippen molar-refractivity contribution in [3.63, 3.8) is 0 Å². The minimum atomic E-state index is -1.37. The molecule has 112 valence electrons. The number of carbonyl (C=O) groups excluding carboxylic acids is 1. The second-order valence-electron chi connectivity index (χ2n) is 4.89. The van der Waals surface area contributed by atoms with Gasteiger partial charge in [0.2, 0.25) is 5.15 Å². The fourth-order valence-electron chi connectivity index (χ4n) is 2.43. The van der Waals surface area contributed by atoms with Crippen LogP contribution in [0.3, 0.4) is 0 Å². The normalized spacial score (nSPS) is 21.3. The van der Waals surface area contributed by atoms with Crippen LogP contribution < -0.4 is 0 Å². The van der Waals surface area contributed by atoms with E-state index in [-0.39, 0.29) is 12.1 Å². The lowest BCUT2D eigenvalue weighted by Gasteiger charge is -2.31. The fraction of sp³-hybridized carbons (Fsp3) is 0.417. The molecule has 1 aliphatic rings. The summed E-state index contributed by atoms with van der Waals surface area (Å²) in [5.74, 6) is -1.87. The van der Waals surface area contributed by atoms with Crippen molar-refractivity contribution in [1.29, 1.82) is 0 Å². The standard InChI is InChI=1S/C12H12ClN3O5/c1-12(11(18)19)4-2-6-15(12)10(17)7-3-5-14-9(13)8(7)16(20)21/h3,5H,2,4,6H2,1H3,(H,18,19). The van der Waals surface area contributed by atoms with Crippen molar-refractivity contribution in [2.45, 2.75) is 25.3 Å². The molecule has 1 unspecified atom stereocenters. The number of rotatable bonds is 3. The number of carboxylic acids is 1. The Morgan fingerprint density at radius 1 is 1.57 bits per heavy atom.